The van der Waals surface area contributed by atoms with E-state index in [0.29, 0.717) is 11.7 Å². The number of nitrogens with one attached hydrogen (secondary N) is 1. The van der Waals surface area contributed by atoms with E-state index in [1.165, 1.54) is 12.5 Å². The maximum Gasteiger partial charge on any atom is 0.287 e. The van der Waals surface area contributed by atoms with Gasteiger partial charge in [0.2, 0.25) is 5.82 Å². The van der Waals surface area contributed by atoms with Crippen LogP contribution < -0.4 is 5.56 Å². The average Bonchev–Trinajstić information content (AvgIpc) is 2.35. The van der Waals surface area contributed by atoms with Crippen molar-refractivity contribution in [1.82, 2.24) is 9.97 Å². The molecule has 94 valence electrons. The Kier molecular flexibility index (Phi) is 3.28. The summed E-state index contributed by atoms with van der Waals surface area (Å²) in [7, 11) is 0. The van der Waals surface area contributed by atoms with Crippen molar-refractivity contribution in [1.29, 1.82) is 0 Å². The summed E-state index contributed by atoms with van der Waals surface area (Å²) in [4.78, 5) is 17.8. The number of nitrogens with zero attached hydrogens (tertiary/aromatic N) is 1. The highest BCUT2D eigenvalue weighted by Crippen LogP contribution is 2.19. The highest BCUT2D eigenvalue weighted by atomic mass is 19.1. The first kappa shape index (κ1) is 12.5. The molecule has 1 heterocycles. The lowest BCUT2D eigenvalue weighted by atomic mass is 10.0. The number of aromatic amines is 1. The Labute approximate surface area is 105 Å². The van der Waals surface area contributed by atoms with Crippen LogP contribution in [-0.4, -0.2) is 9.97 Å². The standard InChI is InChI=1S/C14H15FN2O/c1-8(2)10-4-6-11(7-5-10)13-16-9(3)12(15)14(18)17-13/h4-8H,1-3H3,(H,16,17,18). The molecule has 0 fully saturated rings. The van der Waals surface area contributed by atoms with Gasteiger partial charge in [-0.2, -0.15) is 4.39 Å². The fourth-order valence-electron chi connectivity index (χ4n) is 1.73. The molecule has 0 aliphatic heterocycles. The molecule has 1 N–H and O–H groups in total. The molecular weight excluding hydrogens is 231 g/mol. The minimum Gasteiger partial charge on any atom is -0.304 e. The van der Waals surface area contributed by atoms with Crippen LogP contribution in [0.25, 0.3) is 11.4 Å². The summed E-state index contributed by atoms with van der Waals surface area (Å²) in [5.74, 6) is 0.0211. The van der Waals surface area contributed by atoms with Gasteiger partial charge in [0, 0.05) is 5.56 Å². The molecule has 0 saturated heterocycles. The maximum absolute atomic E-state index is 13.2. The quantitative estimate of drug-likeness (QED) is 0.885. The van der Waals surface area contributed by atoms with Gasteiger partial charge in [-0.25, -0.2) is 4.98 Å². The molecule has 0 aliphatic rings. The molecule has 18 heavy (non-hydrogen) atoms. The summed E-state index contributed by atoms with van der Waals surface area (Å²) in [5, 5.41) is 0. The van der Waals surface area contributed by atoms with Crippen LogP contribution in [0.5, 0.6) is 0 Å². The van der Waals surface area contributed by atoms with Crippen molar-refractivity contribution in [3.63, 3.8) is 0 Å². The molecule has 3 nitrogen and oxygen atoms in total. The Hall–Kier alpha value is -1.97. The van der Waals surface area contributed by atoms with Gasteiger partial charge in [0.15, 0.2) is 0 Å². The van der Waals surface area contributed by atoms with Gasteiger partial charge in [0.1, 0.15) is 5.82 Å². The first-order valence-corrected chi connectivity index (χ1v) is 5.86. The largest absolute Gasteiger partial charge is 0.304 e. The lowest BCUT2D eigenvalue weighted by molar-refractivity contribution is 0.589. The Morgan fingerprint density at radius 1 is 1.22 bits per heavy atom. The number of halogens is 1. The van der Waals surface area contributed by atoms with E-state index in [4.69, 9.17) is 0 Å². The van der Waals surface area contributed by atoms with Crippen LogP contribution in [0.1, 0.15) is 31.0 Å². The number of hydrogen-bond donors (Lipinski definition) is 1. The normalized spacial score (nSPS) is 10.9. The van der Waals surface area contributed by atoms with Gasteiger partial charge in [-0.1, -0.05) is 38.1 Å². The lowest BCUT2D eigenvalue weighted by Crippen LogP contribution is -2.15. The van der Waals surface area contributed by atoms with Crippen molar-refractivity contribution >= 4 is 0 Å². The summed E-state index contributed by atoms with van der Waals surface area (Å²) in [5.41, 5.74) is 1.37. The Morgan fingerprint density at radius 2 is 1.83 bits per heavy atom. The van der Waals surface area contributed by atoms with Crippen LogP contribution in [0, 0.1) is 12.7 Å². The highest BCUT2D eigenvalue weighted by Gasteiger charge is 2.08. The molecule has 0 radical (unpaired) electrons. The fourth-order valence-corrected chi connectivity index (χ4v) is 1.73. The summed E-state index contributed by atoms with van der Waals surface area (Å²) in [6.07, 6.45) is 0. The molecule has 0 aliphatic carbocycles. The smallest absolute Gasteiger partial charge is 0.287 e. The van der Waals surface area contributed by atoms with E-state index in [0.717, 1.165) is 5.56 Å². The zero-order chi connectivity index (χ0) is 13.3. The Bertz CT molecular complexity index is 615. The van der Waals surface area contributed by atoms with E-state index in [1.54, 1.807) is 0 Å². The Morgan fingerprint density at radius 3 is 2.33 bits per heavy atom. The van der Waals surface area contributed by atoms with Crippen LogP contribution >= 0.6 is 0 Å². The molecule has 0 spiro atoms. The second-order valence-electron chi connectivity index (χ2n) is 4.59. The third kappa shape index (κ3) is 2.32. The van der Waals surface area contributed by atoms with Crippen LogP contribution in [0.2, 0.25) is 0 Å². The van der Waals surface area contributed by atoms with E-state index in [2.05, 4.69) is 23.8 Å². The van der Waals surface area contributed by atoms with E-state index >= 15 is 0 Å². The van der Waals surface area contributed by atoms with E-state index in [9.17, 15) is 9.18 Å². The molecule has 1 aromatic carbocycles. The minimum absolute atomic E-state index is 0.113. The molecule has 0 saturated carbocycles. The highest BCUT2D eigenvalue weighted by molar-refractivity contribution is 5.55. The van der Waals surface area contributed by atoms with Gasteiger partial charge < -0.3 is 4.98 Å². The molecule has 2 rings (SSSR count). The minimum atomic E-state index is -0.822. The first-order chi connectivity index (χ1) is 8.49. The van der Waals surface area contributed by atoms with Gasteiger partial charge in [-0.05, 0) is 18.4 Å². The molecule has 4 heteroatoms. The van der Waals surface area contributed by atoms with Gasteiger partial charge >= 0.3 is 0 Å². The second kappa shape index (κ2) is 4.72. The molecule has 0 atom stereocenters. The van der Waals surface area contributed by atoms with Crippen molar-refractivity contribution < 1.29 is 4.39 Å². The van der Waals surface area contributed by atoms with Gasteiger partial charge in [0.25, 0.3) is 5.56 Å². The molecule has 0 unspecified atom stereocenters. The summed E-state index contributed by atoms with van der Waals surface area (Å²) < 4.78 is 13.2. The van der Waals surface area contributed by atoms with E-state index < -0.39 is 11.4 Å². The Balaban J connectivity index is 2.46. The topological polar surface area (TPSA) is 45.8 Å². The van der Waals surface area contributed by atoms with Crippen LogP contribution in [0.15, 0.2) is 29.1 Å². The number of hydrogen-bond acceptors (Lipinski definition) is 2. The number of H-pyrrole nitrogens is 1. The lowest BCUT2D eigenvalue weighted by Gasteiger charge is -2.07. The van der Waals surface area contributed by atoms with Crippen molar-refractivity contribution in [2.24, 2.45) is 0 Å². The monoisotopic (exact) mass is 246 g/mol. The van der Waals surface area contributed by atoms with Crippen molar-refractivity contribution in [2.75, 3.05) is 0 Å². The van der Waals surface area contributed by atoms with Crippen molar-refractivity contribution in [3.05, 3.63) is 51.7 Å². The first-order valence-electron chi connectivity index (χ1n) is 5.86. The molecule has 2 aromatic rings. The zero-order valence-electron chi connectivity index (χ0n) is 10.6. The van der Waals surface area contributed by atoms with E-state index in [1.807, 2.05) is 24.3 Å². The maximum atomic E-state index is 13.2. The predicted molar refractivity (Wildman–Crippen MR) is 69.1 cm³/mol. The fraction of sp³-hybridized carbons (Fsp3) is 0.286. The summed E-state index contributed by atoms with van der Waals surface area (Å²) >= 11 is 0. The zero-order valence-corrected chi connectivity index (χ0v) is 10.6. The summed E-state index contributed by atoms with van der Waals surface area (Å²) in [6, 6.07) is 7.73. The average molecular weight is 246 g/mol. The molecule has 0 bridgehead atoms. The molecule has 0 amide bonds. The van der Waals surface area contributed by atoms with Crippen molar-refractivity contribution in [2.45, 2.75) is 26.7 Å². The van der Waals surface area contributed by atoms with Crippen LogP contribution in [0.3, 0.4) is 0 Å². The SMILES string of the molecule is Cc1nc(-c2ccc(C(C)C)cc2)[nH]c(=O)c1F. The third-order valence-electron chi connectivity index (χ3n) is 2.88. The van der Waals surface area contributed by atoms with Gasteiger partial charge in [-0.15, -0.1) is 0 Å². The number of benzene rings is 1. The van der Waals surface area contributed by atoms with Crippen LogP contribution in [0.4, 0.5) is 4.39 Å². The number of aromatic nitrogens is 2. The molecule has 1 aromatic heterocycles. The van der Waals surface area contributed by atoms with Gasteiger partial charge in [-0.3, -0.25) is 4.79 Å². The second-order valence-corrected chi connectivity index (χ2v) is 4.59. The molecular formula is C14H15FN2O. The third-order valence-corrected chi connectivity index (χ3v) is 2.88. The van der Waals surface area contributed by atoms with Gasteiger partial charge in [0.05, 0.1) is 5.69 Å². The van der Waals surface area contributed by atoms with Crippen molar-refractivity contribution in [3.8, 4) is 11.4 Å². The van der Waals surface area contributed by atoms with Crippen LogP contribution in [-0.2, 0) is 0 Å². The van der Waals surface area contributed by atoms with E-state index in [-0.39, 0.29) is 5.69 Å². The number of rotatable bonds is 2. The summed E-state index contributed by atoms with van der Waals surface area (Å²) in [6.45, 7) is 5.70. The predicted octanol–water partition coefficient (Wildman–Crippen LogP) is 3.01. The number of aryl methyl sites for hydroxylation is 1.